The van der Waals surface area contributed by atoms with Gasteiger partial charge in [-0.25, -0.2) is 9.97 Å². The van der Waals surface area contributed by atoms with Gasteiger partial charge in [-0.2, -0.15) is 0 Å². The van der Waals surface area contributed by atoms with Gasteiger partial charge in [0.25, 0.3) is 0 Å². The second kappa shape index (κ2) is 10.7. The fourth-order valence-corrected chi connectivity index (χ4v) is 4.79. The Labute approximate surface area is 197 Å². The van der Waals surface area contributed by atoms with Crippen molar-refractivity contribution in [3.8, 4) is 0 Å². The first-order valence-electron chi connectivity index (χ1n) is 10.9. The zero-order valence-electron chi connectivity index (χ0n) is 19.6. The molecule has 1 saturated heterocycles. The van der Waals surface area contributed by atoms with E-state index in [9.17, 15) is 9.59 Å². The minimum atomic E-state index is -0.702. The van der Waals surface area contributed by atoms with Crippen LogP contribution in [0.25, 0.3) is 12.2 Å². The first-order chi connectivity index (χ1) is 15.7. The van der Waals surface area contributed by atoms with Crippen molar-refractivity contribution < 1.29 is 14.3 Å². The maximum Gasteiger partial charge on any atom is 0.313 e. The normalized spacial score (nSPS) is 19.6. The molecule has 1 fully saturated rings. The van der Waals surface area contributed by atoms with Gasteiger partial charge in [0.2, 0.25) is 0 Å². The highest BCUT2D eigenvalue weighted by molar-refractivity contribution is 7.09. The van der Waals surface area contributed by atoms with Crippen LogP contribution in [0.5, 0.6) is 0 Å². The number of carbonyl (C=O) groups excluding carboxylic acids is 2. The summed E-state index contributed by atoms with van der Waals surface area (Å²) in [6.07, 6.45) is 7.04. The van der Waals surface area contributed by atoms with Crippen molar-refractivity contribution in [1.29, 1.82) is 0 Å². The van der Waals surface area contributed by atoms with Gasteiger partial charge in [0, 0.05) is 13.7 Å². The van der Waals surface area contributed by atoms with Gasteiger partial charge in [0.15, 0.2) is 0 Å². The average Bonchev–Trinajstić information content (AvgIpc) is 3.17. The molecule has 9 heteroatoms. The molecule has 0 spiro atoms. The van der Waals surface area contributed by atoms with Crippen LogP contribution in [0.15, 0.2) is 24.4 Å². The van der Waals surface area contributed by atoms with Gasteiger partial charge < -0.3 is 20.7 Å². The topological polar surface area (TPSA) is 110 Å². The molecule has 3 heterocycles. The van der Waals surface area contributed by atoms with Crippen molar-refractivity contribution in [2.45, 2.75) is 46.3 Å². The summed E-state index contributed by atoms with van der Waals surface area (Å²) in [5.74, 6) is -0.614. The number of nitrogens with one attached hydrogen (secondary N) is 1. The largest absolute Gasteiger partial charge is 0.383 e. The number of rotatable bonds is 5. The molecule has 3 rings (SSSR count). The first-order valence-corrected chi connectivity index (χ1v) is 11.7. The molecule has 8 nitrogen and oxygen atoms in total. The number of nitrogen functional groups attached to an aromatic ring is 1. The average molecular weight is 470 g/mol. The number of hydrogen-bond acceptors (Lipinski definition) is 7. The summed E-state index contributed by atoms with van der Waals surface area (Å²) in [5.41, 5.74) is 7.66. The summed E-state index contributed by atoms with van der Waals surface area (Å²) in [4.78, 5) is 36.2. The highest BCUT2D eigenvalue weighted by atomic mass is 32.1. The van der Waals surface area contributed by atoms with Crippen LogP contribution < -0.4 is 20.9 Å². The van der Waals surface area contributed by atoms with E-state index in [0.29, 0.717) is 30.6 Å². The third-order valence-electron chi connectivity index (χ3n) is 5.65. The van der Waals surface area contributed by atoms with Crippen LogP contribution in [0.4, 0.5) is 11.5 Å². The summed E-state index contributed by atoms with van der Waals surface area (Å²) in [6.45, 7) is 11.0. The molecule has 3 N–H and O–H groups in total. The van der Waals surface area contributed by atoms with E-state index < -0.39 is 11.8 Å². The van der Waals surface area contributed by atoms with E-state index in [1.54, 1.807) is 36.3 Å². The number of likely N-dealkylation sites (tertiary alicyclic amines) is 1. The van der Waals surface area contributed by atoms with Crippen molar-refractivity contribution in [2.24, 2.45) is 5.92 Å². The number of piperidine rings is 1. The first kappa shape index (κ1) is 24.6. The Kier molecular flexibility index (Phi) is 7.99. The maximum atomic E-state index is 13.2. The van der Waals surface area contributed by atoms with Gasteiger partial charge in [-0.1, -0.05) is 19.6 Å². The van der Waals surface area contributed by atoms with Gasteiger partial charge in [0.1, 0.15) is 10.8 Å². The Hall–Kier alpha value is -3.04. The fraction of sp³-hybridized carbons (Fsp3) is 0.417. The van der Waals surface area contributed by atoms with Gasteiger partial charge >= 0.3 is 11.8 Å². The van der Waals surface area contributed by atoms with E-state index in [4.69, 9.17) is 10.5 Å². The maximum absolute atomic E-state index is 13.2. The number of nitrogens with two attached hydrogens (primary N) is 1. The molecular weight excluding hydrogens is 438 g/mol. The standard InChI is InChI=1S/C24H31N5O3S/c1-6-20-18(28-21(33-20)13-32-5)10-15(3)19-8-7-14(2)12-29(19)24(31)23(30)27-17-9-16(4)22(25)26-11-17/h6,9-11,14,19H,3,7-8,12-13H2,1-2,4-5H3,(H2,25,26)(H,27,30)/b18-10+,20-6+/t14-,19+/m1/s1. The van der Waals surface area contributed by atoms with Crippen LogP contribution in [0.3, 0.4) is 0 Å². The number of amides is 2. The molecule has 0 saturated carbocycles. The molecule has 2 aromatic rings. The van der Waals surface area contributed by atoms with Gasteiger partial charge in [-0.15, -0.1) is 11.3 Å². The number of thiazole rings is 1. The lowest BCUT2D eigenvalue weighted by molar-refractivity contribution is -0.145. The van der Waals surface area contributed by atoms with E-state index in [-0.39, 0.29) is 6.04 Å². The molecular formula is C24H31N5O3S. The smallest absolute Gasteiger partial charge is 0.313 e. The second-order valence-electron chi connectivity index (χ2n) is 8.33. The monoisotopic (exact) mass is 469 g/mol. The molecule has 0 unspecified atom stereocenters. The number of pyridine rings is 1. The number of nitrogens with zero attached hydrogens (tertiary/aromatic N) is 3. The van der Waals surface area contributed by atoms with Crippen molar-refractivity contribution in [3.05, 3.63) is 44.9 Å². The van der Waals surface area contributed by atoms with E-state index in [2.05, 4.69) is 28.8 Å². The van der Waals surface area contributed by atoms with Crippen LogP contribution in [-0.4, -0.2) is 46.4 Å². The predicted octanol–water partition coefficient (Wildman–Crippen LogP) is 1.98. The molecule has 176 valence electrons. The molecule has 33 heavy (non-hydrogen) atoms. The number of aromatic nitrogens is 2. The Morgan fingerprint density at radius 2 is 2.18 bits per heavy atom. The van der Waals surface area contributed by atoms with Crippen LogP contribution >= 0.6 is 11.3 Å². The van der Waals surface area contributed by atoms with Crippen molar-refractivity contribution >= 4 is 46.8 Å². The van der Waals surface area contributed by atoms with Crippen LogP contribution in [0.2, 0.25) is 0 Å². The van der Waals surface area contributed by atoms with E-state index in [1.165, 1.54) is 6.20 Å². The van der Waals surface area contributed by atoms with Crippen molar-refractivity contribution in [1.82, 2.24) is 14.9 Å². The highest BCUT2D eigenvalue weighted by Gasteiger charge is 2.34. The van der Waals surface area contributed by atoms with E-state index >= 15 is 0 Å². The summed E-state index contributed by atoms with van der Waals surface area (Å²) in [6, 6.07) is 1.42. The predicted molar refractivity (Wildman–Crippen MR) is 132 cm³/mol. The number of carbonyl (C=O) groups is 2. The molecule has 2 atom stereocenters. The lowest BCUT2D eigenvalue weighted by Gasteiger charge is -2.38. The van der Waals surface area contributed by atoms with Crippen LogP contribution in [0, 0.1) is 12.8 Å². The third-order valence-corrected chi connectivity index (χ3v) is 6.76. The Balaban J connectivity index is 1.84. The zero-order valence-corrected chi connectivity index (χ0v) is 20.4. The third kappa shape index (κ3) is 5.85. The lowest BCUT2D eigenvalue weighted by Crippen LogP contribution is -2.51. The van der Waals surface area contributed by atoms with E-state index in [1.807, 2.05) is 19.1 Å². The Morgan fingerprint density at radius 1 is 1.42 bits per heavy atom. The number of methoxy groups -OCH3 is 1. The molecule has 1 aliphatic rings. The summed E-state index contributed by atoms with van der Waals surface area (Å²) in [5, 5.41) is 4.33. The lowest BCUT2D eigenvalue weighted by atomic mass is 9.90. The minimum Gasteiger partial charge on any atom is -0.383 e. The molecule has 2 amide bonds. The van der Waals surface area contributed by atoms with Crippen LogP contribution in [0.1, 0.15) is 37.3 Å². The number of hydrogen-bond donors (Lipinski definition) is 2. The summed E-state index contributed by atoms with van der Waals surface area (Å²) < 4.78 is 6.22. The minimum absolute atomic E-state index is 0.275. The summed E-state index contributed by atoms with van der Waals surface area (Å²) >= 11 is 1.56. The second-order valence-corrected chi connectivity index (χ2v) is 9.45. The Morgan fingerprint density at radius 3 is 2.85 bits per heavy atom. The van der Waals surface area contributed by atoms with Gasteiger partial charge in [0.05, 0.1) is 34.4 Å². The van der Waals surface area contributed by atoms with Gasteiger partial charge in [-0.3, -0.25) is 9.59 Å². The molecule has 0 bridgehead atoms. The molecule has 0 radical (unpaired) electrons. The summed E-state index contributed by atoms with van der Waals surface area (Å²) in [7, 11) is 1.64. The molecule has 1 aliphatic heterocycles. The molecule has 0 aliphatic carbocycles. The van der Waals surface area contributed by atoms with Gasteiger partial charge in [-0.05, 0) is 55.9 Å². The highest BCUT2D eigenvalue weighted by Crippen LogP contribution is 2.27. The quantitative estimate of drug-likeness (QED) is 0.648. The molecule has 2 aromatic heterocycles. The number of aryl methyl sites for hydroxylation is 1. The van der Waals surface area contributed by atoms with Crippen molar-refractivity contribution in [2.75, 3.05) is 24.7 Å². The Bertz CT molecular complexity index is 1170. The number of ether oxygens (including phenoxy) is 1. The van der Waals surface area contributed by atoms with Crippen molar-refractivity contribution in [3.63, 3.8) is 0 Å². The van der Waals surface area contributed by atoms with Crippen LogP contribution in [-0.2, 0) is 20.9 Å². The number of anilines is 2. The van der Waals surface area contributed by atoms with E-state index in [0.717, 1.165) is 38.9 Å². The SMILES string of the molecule is C=C(/C=c1/nc(COC)s/c1=C/C)[C@@H]1CC[C@@H](C)CN1C(=O)C(=O)Nc1cnc(N)c(C)c1. The zero-order chi connectivity index (χ0) is 24.1. The fourth-order valence-electron chi connectivity index (χ4n) is 3.89. The molecule has 0 aromatic carbocycles.